The van der Waals surface area contributed by atoms with E-state index >= 15 is 0 Å². The fraction of sp³-hybridized carbons (Fsp3) is 0.700. The topological polar surface area (TPSA) is 86.2 Å². The average Bonchev–Trinajstić information content (AvgIpc) is 2.79. The molecule has 0 aromatic carbocycles. The van der Waals surface area contributed by atoms with Crippen molar-refractivity contribution in [1.82, 2.24) is 14.3 Å². The van der Waals surface area contributed by atoms with E-state index in [9.17, 15) is 9.59 Å². The molecule has 0 amide bonds. The van der Waals surface area contributed by atoms with Crippen LogP contribution < -0.4 is 21.9 Å². The number of rotatable bonds is 2. The Morgan fingerprint density at radius 1 is 1.41 bits per heavy atom. The van der Waals surface area contributed by atoms with Gasteiger partial charge in [-0.15, -0.1) is 5.10 Å². The Kier molecular flexibility index (Phi) is 3.01. The van der Waals surface area contributed by atoms with Gasteiger partial charge in [0.25, 0.3) is 5.56 Å². The number of nitrogens with two attached hydrogens (primary N) is 1. The molecule has 7 heteroatoms. The Morgan fingerprint density at radius 2 is 2.12 bits per heavy atom. The monoisotopic (exact) mass is 239 g/mol. The van der Waals surface area contributed by atoms with Gasteiger partial charge in [0.2, 0.25) is 5.82 Å². The van der Waals surface area contributed by atoms with Gasteiger partial charge in [-0.2, -0.15) is 0 Å². The lowest BCUT2D eigenvalue weighted by Crippen LogP contribution is -2.42. The van der Waals surface area contributed by atoms with Crippen molar-refractivity contribution in [2.45, 2.75) is 6.42 Å². The highest BCUT2D eigenvalue weighted by molar-refractivity contribution is 5.36. The van der Waals surface area contributed by atoms with Gasteiger partial charge in [-0.05, 0) is 18.9 Å². The maximum Gasteiger partial charge on any atom is 0.346 e. The molecule has 1 saturated heterocycles. The molecule has 0 bridgehead atoms. The predicted molar refractivity (Wildman–Crippen MR) is 64.1 cm³/mol. The molecular weight excluding hydrogens is 222 g/mol. The molecule has 2 N–H and O–H groups in total. The molecule has 0 spiro atoms. The van der Waals surface area contributed by atoms with E-state index in [1.54, 1.807) is 7.05 Å². The third-order valence-corrected chi connectivity index (χ3v) is 3.22. The molecule has 1 fully saturated rings. The van der Waals surface area contributed by atoms with Crippen molar-refractivity contribution in [3.63, 3.8) is 0 Å². The number of anilines is 1. The predicted octanol–water partition coefficient (Wildman–Crippen LogP) is -1.74. The zero-order valence-corrected chi connectivity index (χ0v) is 10.1. The van der Waals surface area contributed by atoms with Crippen LogP contribution in [-0.4, -0.2) is 34.0 Å². The number of nitrogens with zero attached hydrogens (tertiary/aromatic N) is 4. The summed E-state index contributed by atoms with van der Waals surface area (Å²) < 4.78 is 2.27. The zero-order chi connectivity index (χ0) is 12.6. The summed E-state index contributed by atoms with van der Waals surface area (Å²) >= 11 is 0. The highest BCUT2D eigenvalue weighted by atomic mass is 16.2. The first-order valence-corrected chi connectivity index (χ1v) is 5.64. The molecule has 17 heavy (non-hydrogen) atoms. The van der Waals surface area contributed by atoms with Crippen molar-refractivity contribution in [2.24, 2.45) is 25.7 Å². The minimum Gasteiger partial charge on any atom is -0.350 e. The standard InChI is InChI=1S/C10H17N5O2/c1-13-9(16)8(12-14(2)10(13)17)15-4-3-7(5-11)6-15/h7H,3-6,11H2,1-2H3. The summed E-state index contributed by atoms with van der Waals surface area (Å²) in [5.41, 5.74) is 4.86. The van der Waals surface area contributed by atoms with Crippen LogP contribution in [0.25, 0.3) is 0 Å². The van der Waals surface area contributed by atoms with Crippen LogP contribution in [0.3, 0.4) is 0 Å². The largest absolute Gasteiger partial charge is 0.350 e. The van der Waals surface area contributed by atoms with Crippen LogP contribution in [0.15, 0.2) is 9.59 Å². The summed E-state index contributed by atoms with van der Waals surface area (Å²) in [6, 6.07) is 0. The van der Waals surface area contributed by atoms with Crippen LogP contribution in [0.2, 0.25) is 0 Å². The average molecular weight is 239 g/mol. The molecule has 1 aliphatic rings. The summed E-state index contributed by atoms with van der Waals surface area (Å²) in [6.45, 7) is 2.11. The van der Waals surface area contributed by atoms with Crippen LogP contribution in [0.1, 0.15) is 6.42 Å². The van der Waals surface area contributed by atoms with Gasteiger partial charge in [-0.25, -0.2) is 9.48 Å². The highest BCUT2D eigenvalue weighted by Gasteiger charge is 2.25. The van der Waals surface area contributed by atoms with Gasteiger partial charge in [0.05, 0.1) is 0 Å². The molecule has 94 valence electrons. The molecule has 1 aromatic heterocycles. The molecular formula is C10H17N5O2. The van der Waals surface area contributed by atoms with E-state index in [4.69, 9.17) is 5.73 Å². The molecule has 7 nitrogen and oxygen atoms in total. The van der Waals surface area contributed by atoms with Gasteiger partial charge in [0, 0.05) is 27.2 Å². The summed E-state index contributed by atoms with van der Waals surface area (Å²) in [6.07, 6.45) is 0.962. The third-order valence-electron chi connectivity index (χ3n) is 3.22. The van der Waals surface area contributed by atoms with Crippen molar-refractivity contribution in [3.8, 4) is 0 Å². The van der Waals surface area contributed by atoms with Crippen LogP contribution in [-0.2, 0) is 14.1 Å². The first-order valence-electron chi connectivity index (χ1n) is 5.64. The lowest BCUT2D eigenvalue weighted by molar-refractivity contribution is 0.584. The Labute approximate surface area is 98.5 Å². The Balaban J connectivity index is 2.41. The fourth-order valence-corrected chi connectivity index (χ4v) is 2.10. The van der Waals surface area contributed by atoms with E-state index in [0.29, 0.717) is 18.3 Å². The molecule has 0 radical (unpaired) electrons. The van der Waals surface area contributed by atoms with Gasteiger partial charge in [-0.3, -0.25) is 9.36 Å². The summed E-state index contributed by atoms with van der Waals surface area (Å²) in [7, 11) is 3.01. The SMILES string of the molecule is Cn1nc(N2CCC(CN)C2)c(=O)n(C)c1=O. The third kappa shape index (κ3) is 1.97. The van der Waals surface area contributed by atoms with Gasteiger partial charge < -0.3 is 10.6 Å². The van der Waals surface area contributed by atoms with E-state index < -0.39 is 5.69 Å². The molecule has 2 rings (SSSR count). The number of hydrogen-bond donors (Lipinski definition) is 1. The van der Waals surface area contributed by atoms with Crippen molar-refractivity contribution in [1.29, 1.82) is 0 Å². The van der Waals surface area contributed by atoms with Crippen LogP contribution >= 0.6 is 0 Å². The van der Waals surface area contributed by atoms with Crippen LogP contribution in [0.5, 0.6) is 0 Å². The van der Waals surface area contributed by atoms with Gasteiger partial charge in [-0.1, -0.05) is 0 Å². The van der Waals surface area contributed by atoms with E-state index in [-0.39, 0.29) is 5.56 Å². The van der Waals surface area contributed by atoms with Crippen molar-refractivity contribution in [2.75, 3.05) is 24.5 Å². The Bertz CT molecular complexity index is 532. The first-order chi connectivity index (χ1) is 8.04. The Hall–Kier alpha value is -1.63. The maximum absolute atomic E-state index is 11.9. The van der Waals surface area contributed by atoms with Crippen LogP contribution in [0, 0.1) is 5.92 Å². The van der Waals surface area contributed by atoms with E-state index in [2.05, 4.69) is 5.10 Å². The summed E-state index contributed by atoms with van der Waals surface area (Å²) in [5.74, 6) is 0.740. The minimum atomic E-state index is -0.409. The normalized spacial score (nSPS) is 19.9. The van der Waals surface area contributed by atoms with E-state index in [0.717, 1.165) is 24.1 Å². The smallest absolute Gasteiger partial charge is 0.346 e. The maximum atomic E-state index is 11.9. The van der Waals surface area contributed by atoms with E-state index in [1.807, 2.05) is 4.90 Å². The lowest BCUT2D eigenvalue weighted by Gasteiger charge is -2.17. The molecule has 1 unspecified atom stereocenters. The number of aromatic nitrogens is 3. The van der Waals surface area contributed by atoms with Crippen molar-refractivity contribution >= 4 is 5.82 Å². The molecule has 1 atom stereocenters. The van der Waals surface area contributed by atoms with Gasteiger partial charge in [0.1, 0.15) is 0 Å². The summed E-state index contributed by atoms with van der Waals surface area (Å²) in [4.78, 5) is 25.3. The molecule has 1 aliphatic heterocycles. The van der Waals surface area contributed by atoms with Crippen LogP contribution in [0.4, 0.5) is 5.82 Å². The molecule has 2 heterocycles. The molecule has 0 aliphatic carbocycles. The lowest BCUT2D eigenvalue weighted by atomic mass is 10.1. The van der Waals surface area contributed by atoms with Crippen molar-refractivity contribution < 1.29 is 0 Å². The number of hydrogen-bond acceptors (Lipinski definition) is 5. The van der Waals surface area contributed by atoms with E-state index in [1.165, 1.54) is 11.7 Å². The molecule has 0 saturated carbocycles. The second-order valence-corrected chi connectivity index (χ2v) is 4.43. The quantitative estimate of drug-likeness (QED) is 0.662. The number of aryl methyl sites for hydroxylation is 1. The highest BCUT2D eigenvalue weighted by Crippen LogP contribution is 2.17. The first kappa shape index (κ1) is 11.8. The minimum absolute atomic E-state index is 0.338. The van der Waals surface area contributed by atoms with Crippen molar-refractivity contribution in [3.05, 3.63) is 20.8 Å². The zero-order valence-electron chi connectivity index (χ0n) is 10.1. The fourth-order valence-electron chi connectivity index (χ4n) is 2.10. The second kappa shape index (κ2) is 4.33. The molecule has 1 aromatic rings. The summed E-state index contributed by atoms with van der Waals surface area (Å²) in [5, 5.41) is 4.04. The van der Waals surface area contributed by atoms with Gasteiger partial charge >= 0.3 is 5.69 Å². The van der Waals surface area contributed by atoms with Gasteiger partial charge in [0.15, 0.2) is 0 Å². The second-order valence-electron chi connectivity index (χ2n) is 4.43. The Morgan fingerprint density at radius 3 is 2.71 bits per heavy atom.